The Morgan fingerprint density at radius 2 is 1.95 bits per heavy atom. The highest BCUT2D eigenvalue weighted by Crippen LogP contribution is 2.30. The molecule has 0 spiro atoms. The van der Waals surface area contributed by atoms with E-state index in [0.717, 1.165) is 15.4 Å². The van der Waals surface area contributed by atoms with E-state index in [-0.39, 0.29) is 12.2 Å². The minimum atomic E-state index is -0.745. The number of benzene rings is 1. The lowest BCUT2D eigenvalue weighted by molar-refractivity contribution is -0.114. The predicted molar refractivity (Wildman–Crippen MR) is 78.6 cm³/mol. The summed E-state index contributed by atoms with van der Waals surface area (Å²) in [5.74, 6) is -1.53. The molecule has 0 bridgehead atoms. The summed E-state index contributed by atoms with van der Waals surface area (Å²) in [4.78, 5) is 28.8. The van der Waals surface area contributed by atoms with Crippen LogP contribution in [0.5, 0.6) is 0 Å². The maximum atomic E-state index is 12.0. The number of hydrogen-bond donors (Lipinski definition) is 2. The quantitative estimate of drug-likeness (QED) is 0.530. The van der Waals surface area contributed by atoms with Gasteiger partial charge in [0.15, 0.2) is 0 Å². The van der Waals surface area contributed by atoms with E-state index < -0.39 is 11.6 Å². The summed E-state index contributed by atoms with van der Waals surface area (Å²) < 4.78 is 0. The largest absolute Gasteiger partial charge is 0.366 e. The van der Waals surface area contributed by atoms with E-state index in [0.29, 0.717) is 0 Å². The van der Waals surface area contributed by atoms with Crippen molar-refractivity contribution in [1.29, 1.82) is 0 Å². The van der Waals surface area contributed by atoms with E-state index in [9.17, 15) is 9.59 Å². The number of tetrazole rings is 1. The molecule has 0 fully saturated rings. The summed E-state index contributed by atoms with van der Waals surface area (Å²) in [5, 5.41) is 12.5. The second-order valence-corrected chi connectivity index (χ2v) is 5.54. The van der Waals surface area contributed by atoms with E-state index >= 15 is 0 Å². The molecule has 0 aliphatic heterocycles. The third-order valence-corrected chi connectivity index (χ3v) is 4.02. The van der Waals surface area contributed by atoms with Crippen molar-refractivity contribution in [2.75, 3.05) is 0 Å². The van der Waals surface area contributed by atoms with E-state index in [1.165, 1.54) is 11.8 Å². The van der Waals surface area contributed by atoms with Gasteiger partial charge in [-0.15, -0.1) is 10.2 Å². The highest BCUT2D eigenvalue weighted by Gasteiger charge is 2.22. The molecule has 0 atom stereocenters. The molecule has 0 unspecified atom stereocenters. The fourth-order valence-electron chi connectivity index (χ4n) is 1.87. The van der Waals surface area contributed by atoms with Gasteiger partial charge in [-0.1, -0.05) is 30.0 Å². The minimum absolute atomic E-state index is 0.00790. The minimum Gasteiger partial charge on any atom is -0.366 e. The Morgan fingerprint density at radius 1 is 1.14 bits per heavy atom. The first-order valence-electron chi connectivity index (χ1n) is 6.43. The molecule has 22 heavy (non-hydrogen) atoms. The topological polar surface area (TPSA) is 104 Å². The van der Waals surface area contributed by atoms with Crippen LogP contribution in [0, 0.1) is 0 Å². The lowest BCUT2D eigenvalue weighted by atomic mass is 10.1. The lowest BCUT2D eigenvalue weighted by Gasteiger charge is -2.02. The number of carbonyl (C=O) groups is 2. The molecule has 2 heterocycles. The first-order valence-corrected chi connectivity index (χ1v) is 7.25. The number of H-pyrrole nitrogens is 2. The number of Topliss-reactive ketones (excluding diaryl/α,β-unsaturated/α-hetero) is 2. The standard InChI is InChI=1S/C14H11N5O2S/c20-11(13(21)14-16-18-19-17-14)6-9-7-15-8-12(9)22-10-4-2-1-3-5-10/h1-5,7-8,15H,6H2,(H,16,17,18,19). The Hall–Kier alpha value is -2.74. The number of nitrogens with zero attached hydrogens (tertiary/aromatic N) is 3. The number of aromatic amines is 2. The zero-order valence-electron chi connectivity index (χ0n) is 11.3. The van der Waals surface area contributed by atoms with Crippen LogP contribution in [0.1, 0.15) is 16.2 Å². The molecule has 8 heteroatoms. The van der Waals surface area contributed by atoms with Gasteiger partial charge in [0.25, 0.3) is 5.78 Å². The van der Waals surface area contributed by atoms with Crippen LogP contribution in [0.4, 0.5) is 0 Å². The van der Waals surface area contributed by atoms with Gasteiger partial charge in [0.05, 0.1) is 0 Å². The third kappa shape index (κ3) is 3.12. The summed E-state index contributed by atoms with van der Waals surface area (Å²) in [6.45, 7) is 0. The average molecular weight is 313 g/mol. The van der Waals surface area contributed by atoms with Crippen molar-refractivity contribution < 1.29 is 9.59 Å². The smallest absolute Gasteiger partial charge is 0.269 e. The van der Waals surface area contributed by atoms with Crippen molar-refractivity contribution in [3.05, 3.63) is 54.1 Å². The molecule has 0 saturated heterocycles. The van der Waals surface area contributed by atoms with Crippen LogP contribution in [-0.4, -0.2) is 37.2 Å². The van der Waals surface area contributed by atoms with Crippen molar-refractivity contribution in [3.8, 4) is 0 Å². The number of rotatable bonds is 6. The molecule has 0 radical (unpaired) electrons. The van der Waals surface area contributed by atoms with Crippen molar-refractivity contribution in [1.82, 2.24) is 25.6 Å². The van der Waals surface area contributed by atoms with Gasteiger partial charge in [-0.05, 0) is 22.9 Å². The molecule has 110 valence electrons. The Kier molecular flexibility index (Phi) is 4.10. The van der Waals surface area contributed by atoms with Crippen LogP contribution in [-0.2, 0) is 11.2 Å². The summed E-state index contributed by atoms with van der Waals surface area (Å²) >= 11 is 1.53. The first-order chi connectivity index (χ1) is 10.7. The molecule has 1 aromatic carbocycles. The van der Waals surface area contributed by atoms with Crippen molar-refractivity contribution in [3.63, 3.8) is 0 Å². The molecule has 3 rings (SSSR count). The maximum absolute atomic E-state index is 12.0. The molecule has 7 nitrogen and oxygen atoms in total. The molecule has 2 N–H and O–H groups in total. The molecule has 2 aromatic heterocycles. The van der Waals surface area contributed by atoms with Crippen LogP contribution in [0.2, 0.25) is 0 Å². The second-order valence-electron chi connectivity index (χ2n) is 4.42. The van der Waals surface area contributed by atoms with Gasteiger partial charge < -0.3 is 4.98 Å². The normalized spacial score (nSPS) is 10.5. The summed E-state index contributed by atoms with van der Waals surface area (Å²) in [5.41, 5.74) is 0.760. The van der Waals surface area contributed by atoms with Crippen molar-refractivity contribution in [2.45, 2.75) is 16.2 Å². The lowest BCUT2D eigenvalue weighted by Crippen LogP contribution is -2.18. The van der Waals surface area contributed by atoms with Crippen LogP contribution in [0.15, 0.2) is 52.5 Å². The van der Waals surface area contributed by atoms with Gasteiger partial charge in [-0.2, -0.15) is 5.21 Å². The predicted octanol–water partition coefficient (Wildman–Crippen LogP) is 1.67. The Bertz CT molecular complexity index is 783. The van der Waals surface area contributed by atoms with Gasteiger partial charge in [0.1, 0.15) is 0 Å². The SMILES string of the molecule is O=C(Cc1c[nH]cc1Sc1ccccc1)C(=O)c1nn[nH]n1. The monoisotopic (exact) mass is 313 g/mol. The van der Waals surface area contributed by atoms with E-state index in [2.05, 4.69) is 25.6 Å². The molecule has 0 aliphatic carbocycles. The first kappa shape index (κ1) is 14.2. The van der Waals surface area contributed by atoms with Crippen LogP contribution in [0.25, 0.3) is 0 Å². The molecule has 0 saturated carbocycles. The maximum Gasteiger partial charge on any atom is 0.269 e. The fraction of sp³-hybridized carbons (Fsp3) is 0.0714. The second kappa shape index (κ2) is 6.35. The molecule has 0 amide bonds. The average Bonchev–Trinajstić information content (AvgIpc) is 3.20. The Balaban J connectivity index is 1.72. The van der Waals surface area contributed by atoms with Crippen molar-refractivity contribution >= 4 is 23.3 Å². The van der Waals surface area contributed by atoms with Gasteiger partial charge >= 0.3 is 0 Å². The summed E-state index contributed by atoms with van der Waals surface area (Å²) in [6.07, 6.45) is 3.51. The van der Waals surface area contributed by atoms with Gasteiger partial charge in [0, 0.05) is 28.6 Å². The zero-order chi connectivity index (χ0) is 15.4. The van der Waals surface area contributed by atoms with Gasteiger partial charge in [-0.25, -0.2) is 0 Å². The molecular formula is C14H11N5O2S. The number of ketones is 2. The molecule has 0 aliphatic rings. The third-order valence-electron chi connectivity index (χ3n) is 2.91. The number of nitrogens with one attached hydrogen (secondary N) is 2. The number of aromatic nitrogens is 5. The molecular weight excluding hydrogens is 302 g/mol. The van der Waals surface area contributed by atoms with E-state index in [1.54, 1.807) is 12.4 Å². The highest BCUT2D eigenvalue weighted by molar-refractivity contribution is 7.99. The summed E-state index contributed by atoms with van der Waals surface area (Å²) in [6, 6.07) is 9.79. The number of hydrogen-bond acceptors (Lipinski definition) is 6. The van der Waals surface area contributed by atoms with Crippen LogP contribution in [0.3, 0.4) is 0 Å². The fourth-order valence-corrected chi connectivity index (χ4v) is 2.80. The van der Waals surface area contributed by atoms with Gasteiger partial charge in [-0.3, -0.25) is 9.59 Å². The highest BCUT2D eigenvalue weighted by atomic mass is 32.2. The molecule has 3 aromatic rings. The summed E-state index contributed by atoms with van der Waals surface area (Å²) in [7, 11) is 0. The Morgan fingerprint density at radius 3 is 2.68 bits per heavy atom. The Labute approximate surface area is 129 Å². The van der Waals surface area contributed by atoms with E-state index in [1.807, 2.05) is 30.3 Å². The van der Waals surface area contributed by atoms with Crippen molar-refractivity contribution in [2.24, 2.45) is 0 Å². The number of carbonyl (C=O) groups excluding carboxylic acids is 2. The van der Waals surface area contributed by atoms with Crippen LogP contribution >= 0.6 is 11.8 Å². The zero-order valence-corrected chi connectivity index (χ0v) is 12.1. The van der Waals surface area contributed by atoms with E-state index in [4.69, 9.17) is 0 Å². The van der Waals surface area contributed by atoms with Crippen LogP contribution < -0.4 is 0 Å². The van der Waals surface area contributed by atoms with Gasteiger partial charge in [0.2, 0.25) is 11.6 Å².